The number of ether oxygens (including phenoxy) is 1. The topological polar surface area (TPSA) is 34.1 Å². The highest BCUT2D eigenvalue weighted by Crippen LogP contribution is 2.24. The first-order valence-corrected chi connectivity index (χ1v) is 8.19. The van der Waals surface area contributed by atoms with E-state index in [0.717, 1.165) is 31.6 Å². The van der Waals surface area contributed by atoms with Crippen molar-refractivity contribution in [3.8, 4) is 0 Å². The number of fused-ring (bicyclic) bond motifs is 1. The minimum Gasteiger partial charge on any atom is -0.383 e. The zero-order valence-corrected chi connectivity index (χ0v) is 13.2. The lowest BCUT2D eigenvalue weighted by Gasteiger charge is -2.15. The van der Waals surface area contributed by atoms with Crippen LogP contribution in [0.5, 0.6) is 0 Å². The normalized spacial score (nSPS) is 12.9. The summed E-state index contributed by atoms with van der Waals surface area (Å²) in [6.07, 6.45) is 3.55. The van der Waals surface area contributed by atoms with E-state index in [2.05, 4.69) is 36.5 Å². The Morgan fingerprint density at radius 3 is 2.95 bits per heavy atom. The zero-order valence-electron chi connectivity index (χ0n) is 12.4. The van der Waals surface area contributed by atoms with Crippen LogP contribution in [0.25, 0.3) is 10.2 Å². The van der Waals surface area contributed by atoms with Crippen LogP contribution in [0, 0.1) is 5.92 Å². The van der Waals surface area contributed by atoms with Crippen LogP contribution in [0.4, 0.5) is 0 Å². The molecular formula is C16H24N2OS. The minimum atomic E-state index is 0.664. The number of nitrogens with zero attached hydrogens (tertiary/aromatic N) is 1. The summed E-state index contributed by atoms with van der Waals surface area (Å²) in [6.45, 7) is 5.00. The summed E-state index contributed by atoms with van der Waals surface area (Å²) < 4.78 is 6.37. The fraction of sp³-hybridized carbons (Fsp3) is 0.562. The molecule has 0 bridgehead atoms. The molecule has 20 heavy (non-hydrogen) atoms. The van der Waals surface area contributed by atoms with Gasteiger partial charge in [-0.25, -0.2) is 4.98 Å². The van der Waals surface area contributed by atoms with Gasteiger partial charge in [0.1, 0.15) is 0 Å². The minimum absolute atomic E-state index is 0.664. The first-order chi connectivity index (χ1) is 9.83. The Labute approximate surface area is 125 Å². The Hall–Kier alpha value is -0.970. The molecule has 3 nitrogen and oxygen atoms in total. The van der Waals surface area contributed by atoms with Crippen molar-refractivity contribution in [2.24, 2.45) is 5.92 Å². The van der Waals surface area contributed by atoms with Gasteiger partial charge in [-0.2, -0.15) is 0 Å². The van der Waals surface area contributed by atoms with E-state index in [9.17, 15) is 0 Å². The molecule has 1 atom stereocenters. The van der Waals surface area contributed by atoms with Gasteiger partial charge in [0.2, 0.25) is 0 Å². The van der Waals surface area contributed by atoms with Crippen LogP contribution in [0.3, 0.4) is 0 Å². The van der Waals surface area contributed by atoms with Gasteiger partial charge in [0, 0.05) is 20.1 Å². The maximum Gasteiger partial charge on any atom is 0.0941 e. The number of methoxy groups -OCH3 is 1. The molecule has 0 saturated heterocycles. The van der Waals surface area contributed by atoms with Gasteiger partial charge in [-0.15, -0.1) is 11.3 Å². The van der Waals surface area contributed by atoms with Gasteiger partial charge in [0.25, 0.3) is 0 Å². The van der Waals surface area contributed by atoms with E-state index < -0.39 is 0 Å². The Morgan fingerprint density at radius 2 is 2.20 bits per heavy atom. The van der Waals surface area contributed by atoms with Gasteiger partial charge in [-0.3, -0.25) is 0 Å². The summed E-state index contributed by atoms with van der Waals surface area (Å²) in [4.78, 5) is 4.75. The smallest absolute Gasteiger partial charge is 0.0941 e. The monoisotopic (exact) mass is 292 g/mol. The van der Waals surface area contributed by atoms with Gasteiger partial charge in [0.05, 0.1) is 21.8 Å². The predicted molar refractivity (Wildman–Crippen MR) is 86.5 cm³/mol. The Kier molecular flexibility index (Phi) is 6.43. The third-order valence-electron chi connectivity index (χ3n) is 3.41. The molecule has 0 amide bonds. The van der Waals surface area contributed by atoms with Crippen molar-refractivity contribution >= 4 is 21.6 Å². The number of aromatic nitrogens is 1. The summed E-state index contributed by atoms with van der Waals surface area (Å²) >= 11 is 1.83. The largest absolute Gasteiger partial charge is 0.383 e. The van der Waals surface area contributed by atoms with Gasteiger partial charge in [-0.05, 0) is 31.0 Å². The van der Waals surface area contributed by atoms with E-state index in [4.69, 9.17) is 9.72 Å². The SMILES string of the molecule is CCCC(CNCCOC)Cc1nc2ccccc2s1. The summed E-state index contributed by atoms with van der Waals surface area (Å²) in [6, 6.07) is 8.39. The molecule has 1 aromatic carbocycles. The fourth-order valence-electron chi connectivity index (χ4n) is 2.42. The molecule has 1 N–H and O–H groups in total. The summed E-state index contributed by atoms with van der Waals surface area (Å²) in [5, 5.41) is 4.74. The van der Waals surface area contributed by atoms with Crippen LogP contribution < -0.4 is 5.32 Å². The van der Waals surface area contributed by atoms with Gasteiger partial charge >= 0.3 is 0 Å². The van der Waals surface area contributed by atoms with Crippen molar-refractivity contribution in [2.45, 2.75) is 26.2 Å². The molecule has 2 rings (SSSR count). The highest BCUT2D eigenvalue weighted by Gasteiger charge is 2.12. The number of benzene rings is 1. The van der Waals surface area contributed by atoms with Crippen molar-refractivity contribution in [1.82, 2.24) is 10.3 Å². The maximum atomic E-state index is 5.07. The second-order valence-electron chi connectivity index (χ2n) is 5.13. The van der Waals surface area contributed by atoms with Crippen LogP contribution >= 0.6 is 11.3 Å². The molecular weight excluding hydrogens is 268 g/mol. The zero-order chi connectivity index (χ0) is 14.2. The molecule has 0 aliphatic rings. The average molecular weight is 292 g/mol. The highest BCUT2D eigenvalue weighted by atomic mass is 32.1. The van der Waals surface area contributed by atoms with E-state index in [-0.39, 0.29) is 0 Å². The molecule has 0 spiro atoms. The lowest BCUT2D eigenvalue weighted by atomic mass is 10.0. The van der Waals surface area contributed by atoms with E-state index in [0.29, 0.717) is 5.92 Å². The third kappa shape index (κ3) is 4.54. The quantitative estimate of drug-likeness (QED) is 0.718. The number of thiazole rings is 1. The van der Waals surface area contributed by atoms with Crippen LogP contribution in [0.15, 0.2) is 24.3 Å². The first kappa shape index (κ1) is 15.4. The second-order valence-corrected chi connectivity index (χ2v) is 6.25. The van der Waals surface area contributed by atoms with E-state index >= 15 is 0 Å². The number of hydrogen-bond donors (Lipinski definition) is 1. The van der Waals surface area contributed by atoms with E-state index in [1.165, 1.54) is 22.5 Å². The van der Waals surface area contributed by atoms with Crippen molar-refractivity contribution in [3.63, 3.8) is 0 Å². The van der Waals surface area contributed by atoms with Gasteiger partial charge < -0.3 is 10.1 Å². The number of hydrogen-bond acceptors (Lipinski definition) is 4. The number of rotatable bonds is 9. The molecule has 0 radical (unpaired) electrons. The van der Waals surface area contributed by atoms with Gasteiger partial charge in [-0.1, -0.05) is 25.5 Å². The third-order valence-corrected chi connectivity index (χ3v) is 4.47. The Bertz CT molecular complexity index is 479. The van der Waals surface area contributed by atoms with Gasteiger partial charge in [0.15, 0.2) is 0 Å². The summed E-state index contributed by atoms with van der Waals surface area (Å²) in [5.74, 6) is 0.664. The molecule has 0 fully saturated rings. The molecule has 1 aromatic heterocycles. The molecule has 4 heteroatoms. The van der Waals surface area contributed by atoms with Crippen molar-refractivity contribution in [3.05, 3.63) is 29.3 Å². The Morgan fingerprint density at radius 1 is 1.35 bits per heavy atom. The first-order valence-electron chi connectivity index (χ1n) is 7.37. The lowest BCUT2D eigenvalue weighted by molar-refractivity contribution is 0.197. The van der Waals surface area contributed by atoms with Crippen molar-refractivity contribution in [1.29, 1.82) is 0 Å². The molecule has 0 saturated carbocycles. The van der Waals surface area contributed by atoms with Crippen LogP contribution in [-0.4, -0.2) is 31.8 Å². The standard InChI is InChI=1S/C16H24N2OS/c1-3-6-13(12-17-9-10-19-2)11-16-18-14-7-4-5-8-15(14)20-16/h4-5,7-8,13,17H,3,6,9-12H2,1-2H3. The molecule has 0 aliphatic heterocycles. The second kappa shape index (κ2) is 8.35. The summed E-state index contributed by atoms with van der Waals surface area (Å²) in [7, 11) is 1.74. The lowest BCUT2D eigenvalue weighted by Crippen LogP contribution is -2.27. The number of para-hydroxylation sites is 1. The van der Waals surface area contributed by atoms with E-state index in [1.54, 1.807) is 7.11 Å². The fourth-order valence-corrected chi connectivity index (χ4v) is 3.50. The van der Waals surface area contributed by atoms with E-state index in [1.807, 2.05) is 11.3 Å². The van der Waals surface area contributed by atoms with Crippen molar-refractivity contribution in [2.75, 3.05) is 26.8 Å². The maximum absolute atomic E-state index is 5.07. The molecule has 1 unspecified atom stereocenters. The highest BCUT2D eigenvalue weighted by molar-refractivity contribution is 7.18. The van der Waals surface area contributed by atoms with Crippen LogP contribution in [-0.2, 0) is 11.2 Å². The molecule has 0 aliphatic carbocycles. The van der Waals surface area contributed by atoms with Crippen LogP contribution in [0.1, 0.15) is 24.8 Å². The molecule has 1 heterocycles. The van der Waals surface area contributed by atoms with Crippen LogP contribution in [0.2, 0.25) is 0 Å². The molecule has 2 aromatic rings. The summed E-state index contributed by atoms with van der Waals surface area (Å²) in [5.41, 5.74) is 1.13. The van der Waals surface area contributed by atoms with Crippen molar-refractivity contribution < 1.29 is 4.74 Å². The molecule has 110 valence electrons. The number of nitrogens with one attached hydrogen (secondary N) is 1. The average Bonchev–Trinajstić information content (AvgIpc) is 2.86. The Balaban J connectivity index is 1.92. The predicted octanol–water partition coefficient (Wildman–Crippen LogP) is 3.49.